The van der Waals surface area contributed by atoms with Gasteiger partial charge in [0.25, 0.3) is 0 Å². The minimum Gasteiger partial charge on any atom is -0.472 e. The molecule has 1 atom stereocenters. The highest BCUT2D eigenvalue weighted by molar-refractivity contribution is 5.48. The number of ether oxygens (including phenoxy) is 2. The van der Waals surface area contributed by atoms with E-state index < -0.39 is 0 Å². The third-order valence-electron chi connectivity index (χ3n) is 3.12. The predicted octanol–water partition coefficient (Wildman–Crippen LogP) is 2.86. The van der Waals surface area contributed by atoms with Gasteiger partial charge in [-0.1, -0.05) is 12.1 Å². The van der Waals surface area contributed by atoms with Crippen molar-refractivity contribution in [3.05, 3.63) is 47.9 Å². The van der Waals surface area contributed by atoms with E-state index in [-0.39, 0.29) is 6.04 Å². The van der Waals surface area contributed by atoms with Crippen LogP contribution in [0.15, 0.2) is 41.2 Å². The SMILES string of the molecule is CC(NCc1cccc2c1OCO2)c1ccoc1. The standard InChI is InChI=1S/C14H15NO3/c1-10(12-5-6-16-8-12)15-7-11-3-2-4-13-14(11)18-9-17-13/h2-6,8,10,15H,7,9H2,1H3. The van der Waals surface area contributed by atoms with Crippen molar-refractivity contribution in [1.82, 2.24) is 5.32 Å². The molecule has 1 aromatic carbocycles. The van der Waals surface area contributed by atoms with Gasteiger partial charge in [-0.2, -0.15) is 0 Å². The van der Waals surface area contributed by atoms with Crippen molar-refractivity contribution in [2.24, 2.45) is 0 Å². The summed E-state index contributed by atoms with van der Waals surface area (Å²) in [6, 6.07) is 8.15. The van der Waals surface area contributed by atoms with Crippen molar-refractivity contribution < 1.29 is 13.9 Å². The monoisotopic (exact) mass is 245 g/mol. The average molecular weight is 245 g/mol. The molecule has 94 valence electrons. The number of fused-ring (bicyclic) bond motifs is 1. The molecule has 1 aromatic heterocycles. The maximum atomic E-state index is 5.47. The first-order valence-electron chi connectivity index (χ1n) is 5.97. The average Bonchev–Trinajstić information content (AvgIpc) is 3.05. The molecule has 0 bridgehead atoms. The Bertz CT molecular complexity index is 522. The normalized spacial score (nSPS) is 14.7. The molecule has 1 N–H and O–H groups in total. The van der Waals surface area contributed by atoms with Gasteiger partial charge in [0.15, 0.2) is 11.5 Å². The maximum absolute atomic E-state index is 5.47. The second kappa shape index (κ2) is 4.74. The first-order chi connectivity index (χ1) is 8.84. The summed E-state index contributed by atoms with van der Waals surface area (Å²) < 4.78 is 15.9. The van der Waals surface area contributed by atoms with Crippen LogP contribution in [0.2, 0.25) is 0 Å². The van der Waals surface area contributed by atoms with Gasteiger partial charge in [0, 0.05) is 23.7 Å². The molecule has 1 unspecified atom stereocenters. The highest BCUT2D eigenvalue weighted by atomic mass is 16.7. The highest BCUT2D eigenvalue weighted by Gasteiger charge is 2.17. The molecule has 0 spiro atoms. The Morgan fingerprint density at radius 1 is 1.28 bits per heavy atom. The van der Waals surface area contributed by atoms with E-state index in [9.17, 15) is 0 Å². The molecule has 18 heavy (non-hydrogen) atoms. The van der Waals surface area contributed by atoms with E-state index in [0.29, 0.717) is 6.79 Å². The quantitative estimate of drug-likeness (QED) is 0.899. The summed E-state index contributed by atoms with van der Waals surface area (Å²) in [5, 5.41) is 3.44. The summed E-state index contributed by atoms with van der Waals surface area (Å²) in [6.07, 6.45) is 3.44. The zero-order valence-electron chi connectivity index (χ0n) is 10.2. The summed E-state index contributed by atoms with van der Waals surface area (Å²) >= 11 is 0. The van der Waals surface area contributed by atoms with Gasteiger partial charge >= 0.3 is 0 Å². The van der Waals surface area contributed by atoms with Crippen molar-refractivity contribution in [3.8, 4) is 11.5 Å². The number of furan rings is 1. The number of benzene rings is 1. The van der Waals surface area contributed by atoms with E-state index in [4.69, 9.17) is 13.9 Å². The molecule has 4 heteroatoms. The van der Waals surface area contributed by atoms with Crippen LogP contribution in [0, 0.1) is 0 Å². The molecule has 0 amide bonds. The molecule has 1 aliphatic heterocycles. The molecule has 0 saturated heterocycles. The number of rotatable bonds is 4. The topological polar surface area (TPSA) is 43.6 Å². The Kier molecular flexibility index (Phi) is 2.94. The molecule has 4 nitrogen and oxygen atoms in total. The van der Waals surface area contributed by atoms with Gasteiger partial charge < -0.3 is 19.2 Å². The predicted molar refractivity (Wildman–Crippen MR) is 66.5 cm³/mol. The fourth-order valence-electron chi connectivity index (χ4n) is 2.03. The summed E-state index contributed by atoms with van der Waals surface area (Å²) in [6.45, 7) is 3.15. The molecule has 2 aromatic rings. The second-order valence-corrected chi connectivity index (χ2v) is 4.31. The Hall–Kier alpha value is -1.94. The number of nitrogens with one attached hydrogen (secondary N) is 1. The van der Waals surface area contributed by atoms with Crippen molar-refractivity contribution >= 4 is 0 Å². The first kappa shape index (κ1) is 11.2. The molecule has 1 aliphatic rings. The Labute approximate surface area is 106 Å². The van der Waals surface area contributed by atoms with E-state index in [2.05, 4.69) is 12.2 Å². The lowest BCUT2D eigenvalue weighted by Crippen LogP contribution is -2.17. The summed E-state index contributed by atoms with van der Waals surface area (Å²) in [5.74, 6) is 1.68. The molecule has 0 radical (unpaired) electrons. The van der Waals surface area contributed by atoms with Crippen LogP contribution in [0.1, 0.15) is 24.1 Å². The molecule has 0 aliphatic carbocycles. The largest absolute Gasteiger partial charge is 0.472 e. The lowest BCUT2D eigenvalue weighted by atomic mass is 10.1. The minimum atomic E-state index is 0.238. The Balaban J connectivity index is 1.69. The summed E-state index contributed by atoms with van der Waals surface area (Å²) in [5.41, 5.74) is 2.25. The first-order valence-corrected chi connectivity index (χ1v) is 5.97. The Morgan fingerprint density at radius 3 is 3.06 bits per heavy atom. The van der Waals surface area contributed by atoms with Crippen LogP contribution in [-0.4, -0.2) is 6.79 Å². The lowest BCUT2D eigenvalue weighted by Gasteiger charge is -2.13. The third kappa shape index (κ3) is 2.07. The third-order valence-corrected chi connectivity index (χ3v) is 3.12. The molecular weight excluding hydrogens is 230 g/mol. The summed E-state index contributed by atoms with van der Waals surface area (Å²) in [7, 11) is 0. The van der Waals surface area contributed by atoms with Crippen LogP contribution >= 0.6 is 0 Å². The van der Waals surface area contributed by atoms with E-state index in [1.807, 2.05) is 24.3 Å². The smallest absolute Gasteiger partial charge is 0.231 e. The van der Waals surface area contributed by atoms with E-state index in [0.717, 1.165) is 29.2 Å². The van der Waals surface area contributed by atoms with Crippen molar-refractivity contribution in [2.75, 3.05) is 6.79 Å². The Morgan fingerprint density at radius 2 is 2.22 bits per heavy atom. The van der Waals surface area contributed by atoms with Crippen LogP contribution in [0.3, 0.4) is 0 Å². The van der Waals surface area contributed by atoms with Gasteiger partial charge in [0.05, 0.1) is 12.5 Å². The van der Waals surface area contributed by atoms with Crippen molar-refractivity contribution in [3.63, 3.8) is 0 Å². The fourth-order valence-corrected chi connectivity index (χ4v) is 2.03. The minimum absolute atomic E-state index is 0.238. The van der Waals surface area contributed by atoms with E-state index in [1.54, 1.807) is 12.5 Å². The zero-order valence-corrected chi connectivity index (χ0v) is 10.2. The lowest BCUT2D eigenvalue weighted by molar-refractivity contribution is 0.173. The maximum Gasteiger partial charge on any atom is 0.231 e. The molecular formula is C14H15NO3. The van der Waals surface area contributed by atoms with Crippen LogP contribution in [-0.2, 0) is 6.54 Å². The molecule has 0 saturated carbocycles. The fraction of sp³-hybridized carbons (Fsp3) is 0.286. The van der Waals surface area contributed by atoms with Gasteiger partial charge in [-0.25, -0.2) is 0 Å². The van der Waals surface area contributed by atoms with Gasteiger partial charge in [0.2, 0.25) is 6.79 Å². The number of hydrogen-bond donors (Lipinski definition) is 1. The van der Waals surface area contributed by atoms with Crippen LogP contribution in [0.4, 0.5) is 0 Å². The van der Waals surface area contributed by atoms with Gasteiger partial charge in [-0.05, 0) is 19.1 Å². The molecule has 2 heterocycles. The van der Waals surface area contributed by atoms with E-state index in [1.165, 1.54) is 0 Å². The van der Waals surface area contributed by atoms with Crippen LogP contribution in [0.5, 0.6) is 11.5 Å². The number of hydrogen-bond acceptors (Lipinski definition) is 4. The highest BCUT2D eigenvalue weighted by Crippen LogP contribution is 2.35. The summed E-state index contributed by atoms with van der Waals surface area (Å²) in [4.78, 5) is 0. The van der Waals surface area contributed by atoms with Gasteiger partial charge in [-0.3, -0.25) is 0 Å². The van der Waals surface area contributed by atoms with Crippen molar-refractivity contribution in [1.29, 1.82) is 0 Å². The van der Waals surface area contributed by atoms with Crippen molar-refractivity contribution in [2.45, 2.75) is 19.5 Å². The molecule has 0 fully saturated rings. The van der Waals surface area contributed by atoms with Crippen LogP contribution < -0.4 is 14.8 Å². The van der Waals surface area contributed by atoms with Gasteiger partial charge in [-0.15, -0.1) is 0 Å². The van der Waals surface area contributed by atoms with Gasteiger partial charge in [0.1, 0.15) is 0 Å². The zero-order chi connectivity index (χ0) is 12.4. The molecule has 3 rings (SSSR count). The number of para-hydroxylation sites is 1. The van der Waals surface area contributed by atoms with E-state index >= 15 is 0 Å². The van der Waals surface area contributed by atoms with Crippen LogP contribution in [0.25, 0.3) is 0 Å². The second-order valence-electron chi connectivity index (χ2n) is 4.31.